The Balaban J connectivity index is 4.06. The lowest BCUT2D eigenvalue weighted by atomic mass is 9.96. The molecule has 2 heteroatoms. The molecule has 1 atom stereocenters. The second kappa shape index (κ2) is 4.20. The van der Waals surface area contributed by atoms with E-state index in [0.717, 1.165) is 0 Å². The topological polar surface area (TPSA) is 34.1 Å². The van der Waals surface area contributed by atoms with Gasteiger partial charge in [-0.15, -0.1) is 0 Å². The van der Waals surface area contributed by atoms with Gasteiger partial charge in [0.05, 0.1) is 5.92 Å². The van der Waals surface area contributed by atoms with E-state index in [9.17, 15) is 9.59 Å². The minimum atomic E-state index is -0.343. The molecule has 0 aliphatic heterocycles. The zero-order chi connectivity index (χ0) is 8.15. The van der Waals surface area contributed by atoms with Gasteiger partial charge in [0.1, 0.15) is 11.6 Å². The average Bonchev–Trinajstić information content (AvgIpc) is 1.88. The highest BCUT2D eigenvalue weighted by Crippen LogP contribution is 2.07. The highest BCUT2D eigenvalue weighted by molar-refractivity contribution is 6.01. The fourth-order valence-corrected chi connectivity index (χ4v) is 0.988. The molecule has 0 saturated carbocycles. The Morgan fingerprint density at radius 1 is 1.30 bits per heavy atom. The van der Waals surface area contributed by atoms with Crippen LogP contribution in [-0.2, 0) is 9.59 Å². The lowest BCUT2D eigenvalue weighted by molar-refractivity contribution is -0.131. The summed E-state index contributed by atoms with van der Waals surface area (Å²) in [6.07, 6.45) is 1.11. The van der Waals surface area contributed by atoms with Crippen LogP contribution in [-0.4, -0.2) is 11.6 Å². The van der Waals surface area contributed by atoms with Gasteiger partial charge >= 0.3 is 0 Å². The van der Waals surface area contributed by atoms with E-state index in [-0.39, 0.29) is 17.5 Å². The van der Waals surface area contributed by atoms with Crippen LogP contribution in [0.2, 0.25) is 0 Å². The summed E-state index contributed by atoms with van der Waals surface area (Å²) in [6.45, 7) is 5.12. The van der Waals surface area contributed by atoms with Crippen molar-refractivity contribution in [3.8, 4) is 0 Å². The van der Waals surface area contributed by atoms with E-state index < -0.39 is 0 Å². The van der Waals surface area contributed by atoms with Gasteiger partial charge in [0.2, 0.25) is 0 Å². The molecule has 0 radical (unpaired) electrons. The molecule has 2 nitrogen and oxygen atoms in total. The predicted octanol–water partition coefficient (Wildman–Crippen LogP) is 1.58. The van der Waals surface area contributed by atoms with Crippen LogP contribution in [0.15, 0.2) is 0 Å². The quantitative estimate of drug-likeness (QED) is 0.558. The number of carbonyl (C=O) groups is 2. The lowest BCUT2D eigenvalue weighted by Gasteiger charge is -2.06. The van der Waals surface area contributed by atoms with E-state index in [1.807, 2.05) is 6.92 Å². The largest absolute Gasteiger partial charge is 0.299 e. The summed E-state index contributed by atoms with van der Waals surface area (Å²) in [5, 5.41) is 0. The van der Waals surface area contributed by atoms with Crippen LogP contribution < -0.4 is 0 Å². The Morgan fingerprint density at radius 3 is 1.90 bits per heavy atom. The third-order valence-corrected chi connectivity index (χ3v) is 1.64. The van der Waals surface area contributed by atoms with Gasteiger partial charge in [-0.2, -0.15) is 0 Å². The molecule has 0 bridgehead atoms. The van der Waals surface area contributed by atoms with Crippen LogP contribution in [0.1, 0.15) is 33.6 Å². The van der Waals surface area contributed by atoms with Gasteiger partial charge in [-0.25, -0.2) is 0 Å². The Hall–Kier alpha value is -0.660. The SMILES string of the molecule is CCC(=O)C(CC)C(C)=O. The molecule has 0 rings (SSSR count). The van der Waals surface area contributed by atoms with Crippen LogP contribution in [0.25, 0.3) is 0 Å². The van der Waals surface area contributed by atoms with Gasteiger partial charge in [-0.05, 0) is 13.3 Å². The van der Waals surface area contributed by atoms with E-state index in [0.29, 0.717) is 12.8 Å². The smallest absolute Gasteiger partial charge is 0.143 e. The van der Waals surface area contributed by atoms with E-state index in [4.69, 9.17) is 0 Å². The zero-order valence-corrected chi connectivity index (χ0v) is 6.81. The van der Waals surface area contributed by atoms with Gasteiger partial charge in [0, 0.05) is 6.42 Å². The van der Waals surface area contributed by atoms with Crippen LogP contribution in [0, 0.1) is 5.92 Å². The highest BCUT2D eigenvalue weighted by atomic mass is 16.1. The molecule has 0 fully saturated rings. The molecule has 0 aliphatic carbocycles. The first-order chi connectivity index (χ1) is 4.63. The third kappa shape index (κ3) is 2.29. The summed E-state index contributed by atoms with van der Waals surface area (Å²) < 4.78 is 0. The van der Waals surface area contributed by atoms with Gasteiger partial charge in [-0.3, -0.25) is 9.59 Å². The first kappa shape index (κ1) is 9.34. The standard InChI is InChI=1S/C8H14O2/c1-4-7(6(3)9)8(10)5-2/h7H,4-5H2,1-3H3. The fourth-order valence-electron chi connectivity index (χ4n) is 0.988. The molecule has 58 valence electrons. The molecule has 0 spiro atoms. The molecule has 0 N–H and O–H groups in total. The second-order valence-corrected chi connectivity index (χ2v) is 2.39. The van der Waals surface area contributed by atoms with Crippen molar-refractivity contribution in [3.05, 3.63) is 0 Å². The first-order valence-corrected chi connectivity index (χ1v) is 3.66. The second-order valence-electron chi connectivity index (χ2n) is 2.39. The number of ketones is 2. The maximum absolute atomic E-state index is 11.0. The van der Waals surface area contributed by atoms with Crippen molar-refractivity contribution >= 4 is 11.6 Å². The summed E-state index contributed by atoms with van der Waals surface area (Å²) in [6, 6.07) is 0. The van der Waals surface area contributed by atoms with Crippen molar-refractivity contribution in [1.82, 2.24) is 0 Å². The molecule has 0 amide bonds. The molecule has 0 saturated heterocycles. The van der Waals surface area contributed by atoms with Crippen molar-refractivity contribution in [2.24, 2.45) is 5.92 Å². The van der Waals surface area contributed by atoms with E-state index >= 15 is 0 Å². The van der Waals surface area contributed by atoms with Crippen molar-refractivity contribution in [2.75, 3.05) is 0 Å². The fraction of sp³-hybridized carbons (Fsp3) is 0.750. The number of carbonyl (C=O) groups excluding carboxylic acids is 2. The normalized spacial score (nSPS) is 12.7. The molecule has 10 heavy (non-hydrogen) atoms. The van der Waals surface area contributed by atoms with Crippen molar-refractivity contribution in [1.29, 1.82) is 0 Å². The number of rotatable bonds is 4. The predicted molar refractivity (Wildman–Crippen MR) is 39.8 cm³/mol. The highest BCUT2D eigenvalue weighted by Gasteiger charge is 2.18. The molecular weight excluding hydrogens is 128 g/mol. The zero-order valence-electron chi connectivity index (χ0n) is 6.81. The third-order valence-electron chi connectivity index (χ3n) is 1.64. The van der Waals surface area contributed by atoms with E-state index in [1.165, 1.54) is 6.92 Å². The molecule has 1 unspecified atom stereocenters. The number of hydrogen-bond donors (Lipinski definition) is 0. The van der Waals surface area contributed by atoms with Crippen molar-refractivity contribution < 1.29 is 9.59 Å². The van der Waals surface area contributed by atoms with Crippen LogP contribution >= 0.6 is 0 Å². The van der Waals surface area contributed by atoms with E-state index in [1.54, 1.807) is 6.92 Å². The monoisotopic (exact) mass is 142 g/mol. The maximum Gasteiger partial charge on any atom is 0.143 e. The Morgan fingerprint density at radius 2 is 1.80 bits per heavy atom. The Kier molecular flexibility index (Phi) is 3.93. The minimum Gasteiger partial charge on any atom is -0.299 e. The summed E-state index contributed by atoms with van der Waals surface area (Å²) in [5.74, 6) is -0.283. The molecule has 0 heterocycles. The van der Waals surface area contributed by atoms with Gasteiger partial charge in [0.25, 0.3) is 0 Å². The summed E-state index contributed by atoms with van der Waals surface area (Å²) in [7, 11) is 0. The van der Waals surface area contributed by atoms with Gasteiger partial charge in [-0.1, -0.05) is 13.8 Å². The maximum atomic E-state index is 11.0. The molecule has 0 aliphatic rings. The Bertz CT molecular complexity index is 138. The van der Waals surface area contributed by atoms with Crippen LogP contribution in [0.3, 0.4) is 0 Å². The summed E-state index contributed by atoms with van der Waals surface area (Å²) in [4.78, 5) is 21.7. The first-order valence-electron chi connectivity index (χ1n) is 3.66. The molecule has 0 aromatic carbocycles. The Labute approximate surface area is 61.6 Å². The van der Waals surface area contributed by atoms with Gasteiger partial charge < -0.3 is 0 Å². The van der Waals surface area contributed by atoms with Crippen molar-refractivity contribution in [2.45, 2.75) is 33.6 Å². The summed E-state index contributed by atoms with van der Waals surface area (Å²) >= 11 is 0. The van der Waals surface area contributed by atoms with Gasteiger partial charge in [0.15, 0.2) is 0 Å². The minimum absolute atomic E-state index is 0.00523. The number of hydrogen-bond acceptors (Lipinski definition) is 2. The van der Waals surface area contributed by atoms with Crippen LogP contribution in [0.5, 0.6) is 0 Å². The van der Waals surface area contributed by atoms with Crippen LogP contribution in [0.4, 0.5) is 0 Å². The molecule has 0 aromatic heterocycles. The number of Topliss-reactive ketones (excluding diaryl/α,β-unsaturated/α-hetero) is 2. The lowest BCUT2D eigenvalue weighted by Crippen LogP contribution is -2.19. The molecular formula is C8H14O2. The van der Waals surface area contributed by atoms with Crippen molar-refractivity contribution in [3.63, 3.8) is 0 Å². The average molecular weight is 142 g/mol. The molecule has 0 aromatic rings. The van der Waals surface area contributed by atoms with E-state index in [2.05, 4.69) is 0 Å². The summed E-state index contributed by atoms with van der Waals surface area (Å²) in [5.41, 5.74) is 0.